The maximum absolute atomic E-state index is 12.9. The van der Waals surface area contributed by atoms with E-state index < -0.39 is 5.91 Å². The summed E-state index contributed by atoms with van der Waals surface area (Å²) in [6, 6.07) is 18.2. The Bertz CT molecular complexity index is 1450. The molecule has 8 heteroatoms. The van der Waals surface area contributed by atoms with Gasteiger partial charge in [0.05, 0.1) is 18.2 Å². The SMILES string of the molecule is COc1cc2nccc(Oc3ccc4c(c3)CCN4C(=O)Nc3ccc(C)cc3)c2cc1C(N)=O. The highest BCUT2D eigenvalue weighted by Gasteiger charge is 2.25. The van der Waals surface area contributed by atoms with Gasteiger partial charge in [-0.2, -0.15) is 0 Å². The highest BCUT2D eigenvalue weighted by Crippen LogP contribution is 2.36. The van der Waals surface area contributed by atoms with E-state index in [2.05, 4.69) is 10.3 Å². The van der Waals surface area contributed by atoms with Crippen molar-refractivity contribution in [3.63, 3.8) is 0 Å². The summed E-state index contributed by atoms with van der Waals surface area (Å²) in [7, 11) is 1.48. The molecule has 0 fully saturated rings. The Morgan fingerprint density at radius 1 is 1.03 bits per heavy atom. The van der Waals surface area contributed by atoms with Crippen LogP contribution in [0.5, 0.6) is 17.2 Å². The van der Waals surface area contributed by atoms with E-state index in [4.69, 9.17) is 15.2 Å². The lowest BCUT2D eigenvalue weighted by Gasteiger charge is -2.18. The van der Waals surface area contributed by atoms with Crippen molar-refractivity contribution in [1.82, 2.24) is 4.98 Å². The molecule has 1 aliphatic rings. The van der Waals surface area contributed by atoms with Gasteiger partial charge in [-0.15, -0.1) is 0 Å². The molecule has 1 aliphatic heterocycles. The van der Waals surface area contributed by atoms with Gasteiger partial charge >= 0.3 is 6.03 Å². The Kier molecular flexibility index (Phi) is 5.70. The molecular formula is C27H24N4O4. The molecular weight excluding hydrogens is 444 g/mol. The number of amides is 3. The number of carbonyl (C=O) groups excluding carboxylic acids is 2. The number of methoxy groups -OCH3 is 1. The van der Waals surface area contributed by atoms with Gasteiger partial charge in [0.25, 0.3) is 5.91 Å². The summed E-state index contributed by atoms with van der Waals surface area (Å²) in [6.45, 7) is 2.58. The molecule has 4 aromatic rings. The molecule has 2 heterocycles. The highest BCUT2D eigenvalue weighted by atomic mass is 16.5. The molecule has 0 radical (unpaired) electrons. The van der Waals surface area contributed by atoms with Crippen molar-refractivity contribution >= 4 is 34.2 Å². The van der Waals surface area contributed by atoms with E-state index in [1.807, 2.05) is 49.4 Å². The number of rotatable bonds is 5. The minimum Gasteiger partial charge on any atom is -0.496 e. The highest BCUT2D eigenvalue weighted by molar-refractivity contribution is 6.03. The topological polar surface area (TPSA) is 107 Å². The fraction of sp³-hybridized carbons (Fsp3) is 0.148. The molecule has 8 nitrogen and oxygen atoms in total. The zero-order chi connectivity index (χ0) is 24.5. The first-order valence-electron chi connectivity index (χ1n) is 11.2. The first-order chi connectivity index (χ1) is 16.9. The summed E-state index contributed by atoms with van der Waals surface area (Å²) in [5, 5.41) is 3.59. The number of anilines is 2. The lowest BCUT2D eigenvalue weighted by molar-refractivity contribution is 0.0997. The molecule has 0 aliphatic carbocycles. The van der Waals surface area contributed by atoms with E-state index in [9.17, 15) is 9.59 Å². The van der Waals surface area contributed by atoms with E-state index in [1.54, 1.807) is 29.3 Å². The minimum absolute atomic E-state index is 0.172. The number of fused-ring (bicyclic) bond motifs is 2. The van der Waals surface area contributed by atoms with Crippen molar-refractivity contribution in [2.24, 2.45) is 5.73 Å². The van der Waals surface area contributed by atoms with Crippen LogP contribution in [-0.2, 0) is 6.42 Å². The van der Waals surface area contributed by atoms with Crippen LogP contribution >= 0.6 is 0 Å². The molecule has 0 bridgehead atoms. The molecule has 1 aromatic heterocycles. The minimum atomic E-state index is -0.597. The lowest BCUT2D eigenvalue weighted by atomic mass is 10.1. The fourth-order valence-electron chi connectivity index (χ4n) is 4.21. The van der Waals surface area contributed by atoms with Crippen LogP contribution in [-0.4, -0.2) is 30.6 Å². The van der Waals surface area contributed by atoms with Gasteiger partial charge in [-0.1, -0.05) is 17.7 Å². The second kappa shape index (κ2) is 8.98. The smallest absolute Gasteiger partial charge is 0.326 e. The van der Waals surface area contributed by atoms with Crippen molar-refractivity contribution < 1.29 is 19.1 Å². The number of hydrogen-bond donors (Lipinski definition) is 2. The Balaban J connectivity index is 1.39. The molecule has 0 saturated carbocycles. The van der Waals surface area contributed by atoms with Gasteiger partial charge in [-0.25, -0.2) is 4.79 Å². The van der Waals surface area contributed by atoms with Gasteiger partial charge in [0.15, 0.2) is 0 Å². The average molecular weight is 469 g/mol. The number of urea groups is 1. The van der Waals surface area contributed by atoms with Crippen molar-refractivity contribution in [1.29, 1.82) is 0 Å². The Labute approximate surface area is 202 Å². The normalized spacial score (nSPS) is 12.3. The molecule has 0 saturated heterocycles. The van der Waals surface area contributed by atoms with Crippen LogP contribution in [0.25, 0.3) is 10.9 Å². The van der Waals surface area contributed by atoms with Crippen LogP contribution in [0.1, 0.15) is 21.5 Å². The summed E-state index contributed by atoms with van der Waals surface area (Å²) < 4.78 is 11.5. The van der Waals surface area contributed by atoms with Gasteiger partial charge in [0.1, 0.15) is 17.2 Å². The van der Waals surface area contributed by atoms with Crippen molar-refractivity contribution in [3.8, 4) is 17.2 Å². The van der Waals surface area contributed by atoms with Gasteiger partial charge in [0.2, 0.25) is 0 Å². The third-order valence-corrected chi connectivity index (χ3v) is 6.01. The number of nitrogens with zero attached hydrogens (tertiary/aromatic N) is 2. The number of benzene rings is 3. The predicted molar refractivity (Wildman–Crippen MR) is 135 cm³/mol. The Morgan fingerprint density at radius 2 is 1.83 bits per heavy atom. The molecule has 3 N–H and O–H groups in total. The number of pyridine rings is 1. The van der Waals surface area contributed by atoms with Gasteiger partial charge < -0.3 is 20.5 Å². The van der Waals surface area contributed by atoms with Crippen molar-refractivity contribution in [2.75, 3.05) is 23.9 Å². The molecule has 0 spiro atoms. The molecule has 0 unspecified atom stereocenters. The second-order valence-electron chi connectivity index (χ2n) is 8.33. The van der Waals surface area contributed by atoms with Crippen molar-refractivity contribution in [3.05, 3.63) is 83.6 Å². The molecule has 3 amide bonds. The summed E-state index contributed by atoms with van der Waals surface area (Å²) in [5.41, 5.74) is 10.1. The number of aryl methyl sites for hydroxylation is 1. The zero-order valence-electron chi connectivity index (χ0n) is 19.4. The maximum atomic E-state index is 12.9. The number of nitrogens with one attached hydrogen (secondary N) is 1. The molecule has 3 aromatic carbocycles. The quantitative estimate of drug-likeness (QED) is 0.427. The zero-order valence-corrected chi connectivity index (χ0v) is 19.4. The predicted octanol–water partition coefficient (Wildman–Crippen LogP) is 5.04. The molecule has 176 valence electrons. The van der Waals surface area contributed by atoms with E-state index in [0.717, 1.165) is 22.5 Å². The molecule has 35 heavy (non-hydrogen) atoms. The maximum Gasteiger partial charge on any atom is 0.326 e. The third-order valence-electron chi connectivity index (χ3n) is 6.01. The first-order valence-corrected chi connectivity index (χ1v) is 11.2. The van der Waals surface area contributed by atoms with Crippen LogP contribution in [0.15, 0.2) is 66.9 Å². The van der Waals surface area contributed by atoms with Gasteiger partial charge in [-0.3, -0.25) is 14.7 Å². The first kappa shape index (κ1) is 22.2. The number of primary amides is 1. The number of aromatic nitrogens is 1. The summed E-state index contributed by atoms with van der Waals surface area (Å²) >= 11 is 0. The Morgan fingerprint density at radius 3 is 2.57 bits per heavy atom. The van der Waals surface area contributed by atoms with Crippen LogP contribution < -0.4 is 25.4 Å². The average Bonchev–Trinajstić information content (AvgIpc) is 3.28. The number of nitrogens with two attached hydrogens (primary N) is 1. The van der Waals surface area contributed by atoms with Crippen LogP contribution in [0.4, 0.5) is 16.2 Å². The Hall–Kier alpha value is -4.59. The third kappa shape index (κ3) is 4.33. The number of carbonyl (C=O) groups is 2. The van der Waals surface area contributed by atoms with Gasteiger partial charge in [0, 0.05) is 35.6 Å². The second-order valence-corrected chi connectivity index (χ2v) is 8.33. The summed E-state index contributed by atoms with van der Waals surface area (Å²) in [6.07, 6.45) is 2.35. The summed E-state index contributed by atoms with van der Waals surface area (Å²) in [4.78, 5) is 30.8. The fourth-order valence-corrected chi connectivity index (χ4v) is 4.21. The van der Waals surface area contributed by atoms with E-state index >= 15 is 0 Å². The van der Waals surface area contributed by atoms with E-state index in [1.165, 1.54) is 7.11 Å². The van der Waals surface area contributed by atoms with Gasteiger partial charge in [-0.05, 0) is 61.4 Å². The summed E-state index contributed by atoms with van der Waals surface area (Å²) in [5.74, 6) is 0.914. The molecule has 0 atom stereocenters. The molecule has 5 rings (SSSR count). The van der Waals surface area contributed by atoms with Crippen LogP contribution in [0.3, 0.4) is 0 Å². The van der Waals surface area contributed by atoms with Crippen LogP contribution in [0, 0.1) is 6.92 Å². The van der Waals surface area contributed by atoms with Crippen LogP contribution in [0.2, 0.25) is 0 Å². The van der Waals surface area contributed by atoms with E-state index in [0.29, 0.717) is 41.1 Å². The number of ether oxygens (including phenoxy) is 2. The monoisotopic (exact) mass is 468 g/mol. The van der Waals surface area contributed by atoms with Crippen molar-refractivity contribution in [2.45, 2.75) is 13.3 Å². The lowest BCUT2D eigenvalue weighted by Crippen LogP contribution is -2.33. The largest absolute Gasteiger partial charge is 0.496 e. The standard InChI is InChI=1S/C27H24N4O4/c1-16-3-5-18(6-4-16)30-27(33)31-12-10-17-13-19(7-8-23(17)31)35-24-9-11-29-22-15-25(34-2)21(26(28)32)14-20(22)24/h3-9,11,13-15H,10,12H2,1-2H3,(H2,28,32)(H,30,33). The van der Waals surface area contributed by atoms with E-state index in [-0.39, 0.29) is 11.6 Å². The number of hydrogen-bond acceptors (Lipinski definition) is 5.